The van der Waals surface area contributed by atoms with E-state index in [-0.39, 0.29) is 0 Å². The molecule has 1 heteroatoms. The second-order valence-electron chi connectivity index (χ2n) is 2.15. The molecule has 9 heavy (non-hydrogen) atoms. The SMILES string of the molecule is CC1=CCN=C1.CCC. The highest BCUT2D eigenvalue weighted by atomic mass is 14.7. The predicted molar refractivity (Wildman–Crippen MR) is 43.1 cm³/mol. The Morgan fingerprint density at radius 1 is 1.56 bits per heavy atom. The highest BCUT2D eigenvalue weighted by Gasteiger charge is 1.85. The Bertz CT molecular complexity index is 109. The zero-order valence-corrected chi connectivity index (χ0v) is 6.52. The summed E-state index contributed by atoms with van der Waals surface area (Å²) < 4.78 is 0. The summed E-state index contributed by atoms with van der Waals surface area (Å²) >= 11 is 0. The Kier molecular flexibility index (Phi) is 5.18. The number of hydrogen-bond donors (Lipinski definition) is 0. The summed E-state index contributed by atoms with van der Waals surface area (Å²) in [5, 5.41) is 0. The molecule has 0 spiro atoms. The molecule has 0 N–H and O–H groups in total. The quantitative estimate of drug-likeness (QED) is 0.471. The van der Waals surface area contributed by atoms with Gasteiger partial charge in [-0.3, -0.25) is 4.99 Å². The van der Waals surface area contributed by atoms with Gasteiger partial charge in [-0.25, -0.2) is 0 Å². The standard InChI is InChI=1S/C5H7N.C3H8/c1-5-2-3-6-4-5;1-3-2/h2,4H,3H2,1H3;3H2,1-2H3. The van der Waals surface area contributed by atoms with E-state index in [0.29, 0.717) is 0 Å². The largest absolute Gasteiger partial charge is 0.289 e. The van der Waals surface area contributed by atoms with Gasteiger partial charge in [0.2, 0.25) is 0 Å². The van der Waals surface area contributed by atoms with Gasteiger partial charge in [0.05, 0.1) is 6.54 Å². The summed E-state index contributed by atoms with van der Waals surface area (Å²) in [5.41, 5.74) is 1.29. The van der Waals surface area contributed by atoms with Crippen LogP contribution in [-0.2, 0) is 0 Å². The molecule has 52 valence electrons. The Hall–Kier alpha value is -0.590. The number of nitrogens with zero attached hydrogens (tertiary/aromatic N) is 1. The molecule has 1 heterocycles. The van der Waals surface area contributed by atoms with Crippen LogP contribution in [0.3, 0.4) is 0 Å². The number of aliphatic imine (C=N–C) groups is 1. The third-order valence-corrected chi connectivity index (χ3v) is 0.814. The van der Waals surface area contributed by atoms with Crippen LogP contribution in [-0.4, -0.2) is 12.8 Å². The topological polar surface area (TPSA) is 12.4 Å². The van der Waals surface area contributed by atoms with E-state index >= 15 is 0 Å². The zero-order chi connectivity index (χ0) is 7.11. The van der Waals surface area contributed by atoms with Crippen LogP contribution < -0.4 is 0 Å². The number of hydrogen-bond acceptors (Lipinski definition) is 1. The summed E-state index contributed by atoms with van der Waals surface area (Å²) in [6.45, 7) is 7.20. The minimum atomic E-state index is 0.895. The average molecular weight is 125 g/mol. The van der Waals surface area contributed by atoms with Gasteiger partial charge >= 0.3 is 0 Å². The molecule has 0 aliphatic carbocycles. The van der Waals surface area contributed by atoms with Crippen LogP contribution in [0, 0.1) is 0 Å². The van der Waals surface area contributed by atoms with E-state index in [4.69, 9.17) is 0 Å². The van der Waals surface area contributed by atoms with Crippen LogP contribution >= 0.6 is 0 Å². The van der Waals surface area contributed by atoms with Gasteiger partial charge in [0.1, 0.15) is 0 Å². The van der Waals surface area contributed by atoms with Crippen molar-refractivity contribution in [2.45, 2.75) is 27.2 Å². The number of rotatable bonds is 0. The van der Waals surface area contributed by atoms with Gasteiger partial charge in [0, 0.05) is 6.21 Å². The van der Waals surface area contributed by atoms with E-state index in [1.165, 1.54) is 12.0 Å². The maximum Gasteiger partial charge on any atom is 0.0576 e. The molecule has 0 radical (unpaired) electrons. The van der Waals surface area contributed by atoms with Gasteiger partial charge in [0.15, 0.2) is 0 Å². The van der Waals surface area contributed by atoms with Gasteiger partial charge < -0.3 is 0 Å². The van der Waals surface area contributed by atoms with Crippen LogP contribution in [0.1, 0.15) is 27.2 Å². The van der Waals surface area contributed by atoms with Crippen LogP contribution in [0.15, 0.2) is 16.6 Å². The highest BCUT2D eigenvalue weighted by Crippen LogP contribution is 1.93. The molecule has 0 saturated carbocycles. The first-order chi connectivity index (χ1) is 4.31. The lowest BCUT2D eigenvalue weighted by atomic mass is 10.3. The van der Waals surface area contributed by atoms with Crippen LogP contribution in [0.5, 0.6) is 0 Å². The first-order valence-corrected chi connectivity index (χ1v) is 3.47. The van der Waals surface area contributed by atoms with Crippen molar-refractivity contribution in [2.75, 3.05) is 6.54 Å². The molecule has 1 rings (SSSR count). The fraction of sp³-hybridized carbons (Fsp3) is 0.625. The Morgan fingerprint density at radius 3 is 2.22 bits per heavy atom. The second kappa shape index (κ2) is 5.54. The van der Waals surface area contributed by atoms with Crippen molar-refractivity contribution in [1.82, 2.24) is 0 Å². The Labute approximate surface area is 57.5 Å². The van der Waals surface area contributed by atoms with Gasteiger partial charge in [-0.1, -0.05) is 26.3 Å². The average Bonchev–Trinajstić information content (AvgIpc) is 2.20. The molecule has 0 fully saturated rings. The lowest BCUT2D eigenvalue weighted by molar-refractivity contribution is 1.09. The predicted octanol–water partition coefficient (Wildman–Crippen LogP) is 2.43. The molecule has 0 amide bonds. The van der Waals surface area contributed by atoms with Crippen molar-refractivity contribution in [3.05, 3.63) is 11.6 Å². The fourth-order valence-electron chi connectivity index (χ4n) is 0.446. The van der Waals surface area contributed by atoms with E-state index in [0.717, 1.165) is 6.54 Å². The minimum absolute atomic E-state index is 0.895. The molecule has 0 aromatic rings. The van der Waals surface area contributed by atoms with Crippen molar-refractivity contribution in [2.24, 2.45) is 4.99 Å². The van der Waals surface area contributed by atoms with E-state index in [2.05, 4.69) is 31.8 Å². The molecule has 0 unspecified atom stereocenters. The smallest absolute Gasteiger partial charge is 0.0576 e. The molecule has 0 aromatic carbocycles. The van der Waals surface area contributed by atoms with E-state index in [9.17, 15) is 0 Å². The summed E-state index contributed by atoms with van der Waals surface area (Å²) in [6, 6.07) is 0. The van der Waals surface area contributed by atoms with Gasteiger partial charge in [-0.2, -0.15) is 0 Å². The van der Waals surface area contributed by atoms with Crippen LogP contribution in [0.2, 0.25) is 0 Å². The molecule has 0 atom stereocenters. The normalized spacial score (nSPS) is 14.3. The second-order valence-corrected chi connectivity index (χ2v) is 2.15. The van der Waals surface area contributed by atoms with Crippen molar-refractivity contribution >= 4 is 6.21 Å². The van der Waals surface area contributed by atoms with E-state index < -0.39 is 0 Å². The fourth-order valence-corrected chi connectivity index (χ4v) is 0.446. The first-order valence-electron chi connectivity index (χ1n) is 3.47. The van der Waals surface area contributed by atoms with Crippen molar-refractivity contribution in [1.29, 1.82) is 0 Å². The van der Waals surface area contributed by atoms with Crippen LogP contribution in [0.4, 0.5) is 0 Å². The Morgan fingerprint density at radius 2 is 2.11 bits per heavy atom. The van der Waals surface area contributed by atoms with Gasteiger partial charge in [-0.15, -0.1) is 0 Å². The van der Waals surface area contributed by atoms with Gasteiger partial charge in [-0.05, 0) is 12.5 Å². The van der Waals surface area contributed by atoms with Gasteiger partial charge in [0.25, 0.3) is 0 Å². The lowest BCUT2D eigenvalue weighted by Gasteiger charge is -1.69. The summed E-state index contributed by atoms with van der Waals surface area (Å²) in [7, 11) is 0. The summed E-state index contributed by atoms with van der Waals surface area (Å²) in [5.74, 6) is 0. The first kappa shape index (κ1) is 8.41. The molecular weight excluding hydrogens is 110 g/mol. The molecule has 0 saturated heterocycles. The summed E-state index contributed by atoms with van der Waals surface area (Å²) in [4.78, 5) is 3.95. The van der Waals surface area contributed by atoms with Crippen molar-refractivity contribution in [3.63, 3.8) is 0 Å². The van der Waals surface area contributed by atoms with Crippen molar-refractivity contribution < 1.29 is 0 Å². The van der Waals surface area contributed by atoms with E-state index in [1.54, 1.807) is 0 Å². The van der Waals surface area contributed by atoms with Crippen molar-refractivity contribution in [3.8, 4) is 0 Å². The molecule has 1 aliphatic heterocycles. The summed E-state index contributed by atoms with van der Waals surface area (Å²) in [6.07, 6.45) is 5.24. The molecular formula is C8H15N. The number of allylic oxidation sites excluding steroid dienone is 1. The third kappa shape index (κ3) is 5.28. The molecule has 1 nitrogen and oxygen atoms in total. The monoisotopic (exact) mass is 125 g/mol. The lowest BCUT2D eigenvalue weighted by Crippen LogP contribution is -1.63. The maximum atomic E-state index is 3.95. The third-order valence-electron chi connectivity index (χ3n) is 0.814. The molecule has 0 bridgehead atoms. The van der Waals surface area contributed by atoms with Crippen LogP contribution in [0.25, 0.3) is 0 Å². The minimum Gasteiger partial charge on any atom is -0.289 e. The Balaban J connectivity index is 0.000000187. The maximum absolute atomic E-state index is 3.95. The van der Waals surface area contributed by atoms with E-state index in [1.807, 2.05) is 6.21 Å². The zero-order valence-electron chi connectivity index (χ0n) is 6.52. The molecule has 1 aliphatic rings. The molecule has 0 aromatic heterocycles. The highest BCUT2D eigenvalue weighted by molar-refractivity contribution is 5.79.